The van der Waals surface area contributed by atoms with Crippen LogP contribution in [0.4, 0.5) is 0 Å². The molecule has 0 aliphatic heterocycles. The first-order chi connectivity index (χ1) is 8.98. The van der Waals surface area contributed by atoms with E-state index in [0.717, 1.165) is 12.8 Å². The lowest BCUT2D eigenvalue weighted by Gasteiger charge is -2.27. The number of carboxylic acid groups (broad SMARTS) is 1. The maximum absolute atomic E-state index is 12.1. The van der Waals surface area contributed by atoms with Gasteiger partial charge in [-0.1, -0.05) is 34.1 Å². The summed E-state index contributed by atoms with van der Waals surface area (Å²) in [7, 11) is -2.12. The molecule has 0 saturated heterocycles. The van der Waals surface area contributed by atoms with Crippen molar-refractivity contribution in [3.05, 3.63) is 0 Å². The smallest absolute Gasteiger partial charge is 0.304 e. The molecule has 0 aromatic carbocycles. The predicted molar refractivity (Wildman–Crippen MR) is 79.7 cm³/mol. The minimum atomic E-state index is -3.63. The molecule has 1 unspecified atom stereocenters. The lowest BCUT2D eigenvalue weighted by atomic mass is 9.87. The van der Waals surface area contributed by atoms with Gasteiger partial charge in [-0.15, -0.1) is 0 Å². The van der Waals surface area contributed by atoms with Crippen LogP contribution in [0.3, 0.4) is 0 Å². The molecule has 0 spiro atoms. The first-order valence-electron chi connectivity index (χ1n) is 6.93. The van der Waals surface area contributed by atoms with Gasteiger partial charge in [0.05, 0.1) is 6.42 Å². The Morgan fingerprint density at radius 2 is 1.90 bits per heavy atom. The zero-order valence-electron chi connectivity index (χ0n) is 13.1. The molecule has 0 aromatic rings. The largest absolute Gasteiger partial charge is 0.481 e. The second-order valence-electron chi connectivity index (χ2n) is 6.36. The molecule has 0 saturated carbocycles. The van der Waals surface area contributed by atoms with E-state index < -0.39 is 22.2 Å². The fourth-order valence-electron chi connectivity index (χ4n) is 1.91. The third kappa shape index (κ3) is 8.50. The summed E-state index contributed by atoms with van der Waals surface area (Å²) >= 11 is 0. The van der Waals surface area contributed by atoms with Crippen molar-refractivity contribution in [1.82, 2.24) is 9.03 Å². The molecule has 0 radical (unpaired) electrons. The van der Waals surface area contributed by atoms with E-state index >= 15 is 0 Å². The molecular formula is C13H28N2O4S. The van der Waals surface area contributed by atoms with Crippen LogP contribution in [0.2, 0.25) is 0 Å². The highest BCUT2D eigenvalue weighted by Gasteiger charge is 2.27. The Kier molecular flexibility index (Phi) is 7.69. The molecule has 0 aliphatic rings. The molecule has 0 aromatic heterocycles. The fourth-order valence-corrected chi connectivity index (χ4v) is 3.04. The maximum atomic E-state index is 12.1. The summed E-state index contributed by atoms with van der Waals surface area (Å²) in [4.78, 5) is 10.9. The van der Waals surface area contributed by atoms with Gasteiger partial charge >= 0.3 is 5.97 Å². The third-order valence-corrected chi connectivity index (χ3v) is 4.47. The normalized spacial score (nSPS) is 14.5. The van der Waals surface area contributed by atoms with Crippen molar-refractivity contribution in [2.45, 2.75) is 59.4 Å². The highest BCUT2D eigenvalue weighted by Crippen LogP contribution is 2.22. The summed E-state index contributed by atoms with van der Waals surface area (Å²) in [6, 6.07) is -0.596. The van der Waals surface area contributed by atoms with E-state index in [4.69, 9.17) is 5.11 Å². The van der Waals surface area contributed by atoms with E-state index in [1.54, 1.807) is 0 Å². The Hall–Kier alpha value is -0.660. The van der Waals surface area contributed by atoms with Gasteiger partial charge in [0.2, 0.25) is 0 Å². The average molecular weight is 308 g/mol. The van der Waals surface area contributed by atoms with Gasteiger partial charge in [-0.2, -0.15) is 17.4 Å². The topological polar surface area (TPSA) is 86.7 Å². The number of carbonyl (C=O) groups is 1. The molecule has 0 heterocycles. The summed E-state index contributed by atoms with van der Waals surface area (Å²) < 4.78 is 28.0. The van der Waals surface area contributed by atoms with Gasteiger partial charge in [-0.05, 0) is 18.3 Å². The van der Waals surface area contributed by atoms with Gasteiger partial charge in [0.25, 0.3) is 10.2 Å². The van der Waals surface area contributed by atoms with Crippen LogP contribution in [-0.4, -0.2) is 43.4 Å². The van der Waals surface area contributed by atoms with Crippen molar-refractivity contribution < 1.29 is 18.3 Å². The van der Waals surface area contributed by atoms with Crippen LogP contribution in [0.25, 0.3) is 0 Å². The van der Waals surface area contributed by atoms with Gasteiger partial charge in [0.1, 0.15) is 0 Å². The maximum Gasteiger partial charge on any atom is 0.304 e. The average Bonchev–Trinajstić information content (AvgIpc) is 2.21. The van der Waals surface area contributed by atoms with Crippen molar-refractivity contribution in [1.29, 1.82) is 0 Å². The number of hydrogen-bond acceptors (Lipinski definition) is 3. The second-order valence-corrected chi connectivity index (χ2v) is 8.17. The Balaban J connectivity index is 4.81. The minimum Gasteiger partial charge on any atom is -0.481 e. The highest BCUT2D eigenvalue weighted by atomic mass is 32.2. The molecular weight excluding hydrogens is 280 g/mol. The molecule has 2 N–H and O–H groups in total. The molecule has 7 heteroatoms. The number of nitrogens with zero attached hydrogens (tertiary/aromatic N) is 1. The lowest BCUT2D eigenvalue weighted by molar-refractivity contribution is -0.137. The summed E-state index contributed by atoms with van der Waals surface area (Å²) in [6.45, 7) is 8.28. The van der Waals surface area contributed by atoms with E-state index in [0.29, 0.717) is 13.0 Å². The van der Waals surface area contributed by atoms with Gasteiger partial charge in [-0.25, -0.2) is 0 Å². The zero-order valence-corrected chi connectivity index (χ0v) is 14.0. The standard InChI is InChI=1S/C13H28N2O4S/c1-6-7-8-15(5)20(18,19)14-11(9-12(16)17)10-13(2,3)4/h11,14H,6-10H2,1-5H3,(H,16,17). The van der Waals surface area contributed by atoms with Gasteiger partial charge in [-0.3, -0.25) is 4.79 Å². The van der Waals surface area contributed by atoms with Gasteiger partial charge < -0.3 is 5.11 Å². The molecule has 1 atom stereocenters. The Morgan fingerprint density at radius 1 is 1.35 bits per heavy atom. The molecule has 0 fully saturated rings. The molecule has 120 valence electrons. The summed E-state index contributed by atoms with van der Waals surface area (Å²) in [5.41, 5.74) is -0.148. The SMILES string of the molecule is CCCCN(C)S(=O)(=O)NC(CC(=O)O)CC(C)(C)C. The number of carboxylic acids is 1. The number of rotatable bonds is 9. The van der Waals surface area contributed by atoms with E-state index in [-0.39, 0.29) is 11.8 Å². The van der Waals surface area contributed by atoms with Crippen LogP contribution in [0.1, 0.15) is 53.4 Å². The zero-order chi connectivity index (χ0) is 16.0. The summed E-state index contributed by atoms with van der Waals surface area (Å²) in [5.74, 6) is -1.00. The van der Waals surface area contributed by atoms with Crippen LogP contribution in [0.15, 0.2) is 0 Å². The Bertz CT molecular complexity index is 401. The van der Waals surface area contributed by atoms with Crippen molar-refractivity contribution in [3.8, 4) is 0 Å². The number of aliphatic carboxylic acids is 1. The highest BCUT2D eigenvalue weighted by molar-refractivity contribution is 7.87. The van der Waals surface area contributed by atoms with Crippen molar-refractivity contribution in [3.63, 3.8) is 0 Å². The molecule has 0 aliphatic carbocycles. The van der Waals surface area contributed by atoms with Crippen LogP contribution >= 0.6 is 0 Å². The molecule has 20 heavy (non-hydrogen) atoms. The van der Waals surface area contributed by atoms with Crippen molar-refractivity contribution in [2.24, 2.45) is 5.41 Å². The Morgan fingerprint density at radius 3 is 2.30 bits per heavy atom. The van der Waals surface area contributed by atoms with Gasteiger partial charge in [0, 0.05) is 19.6 Å². The lowest BCUT2D eigenvalue weighted by Crippen LogP contribution is -2.46. The van der Waals surface area contributed by atoms with Crippen molar-refractivity contribution >= 4 is 16.2 Å². The monoisotopic (exact) mass is 308 g/mol. The summed E-state index contributed by atoms with van der Waals surface area (Å²) in [6.07, 6.45) is 1.94. The Labute approximate surface area is 122 Å². The van der Waals surface area contributed by atoms with Gasteiger partial charge in [0.15, 0.2) is 0 Å². The number of nitrogens with one attached hydrogen (secondary N) is 1. The first kappa shape index (κ1) is 19.3. The van der Waals surface area contributed by atoms with Crippen LogP contribution in [0, 0.1) is 5.41 Å². The molecule has 0 amide bonds. The van der Waals surface area contributed by atoms with E-state index in [9.17, 15) is 13.2 Å². The minimum absolute atomic E-state index is 0.148. The van der Waals surface area contributed by atoms with E-state index in [1.165, 1.54) is 11.4 Å². The third-order valence-electron chi connectivity index (χ3n) is 2.83. The number of unbranched alkanes of at least 4 members (excludes halogenated alkanes) is 1. The summed E-state index contributed by atoms with van der Waals surface area (Å²) in [5, 5.41) is 8.91. The first-order valence-corrected chi connectivity index (χ1v) is 8.37. The number of hydrogen-bond donors (Lipinski definition) is 2. The van der Waals surface area contributed by atoms with E-state index in [2.05, 4.69) is 4.72 Å². The fraction of sp³-hybridized carbons (Fsp3) is 0.923. The molecule has 0 bridgehead atoms. The van der Waals surface area contributed by atoms with Crippen molar-refractivity contribution in [2.75, 3.05) is 13.6 Å². The quantitative estimate of drug-likeness (QED) is 0.680. The molecule has 6 nitrogen and oxygen atoms in total. The van der Waals surface area contributed by atoms with Crippen LogP contribution in [-0.2, 0) is 15.0 Å². The molecule has 0 rings (SSSR count). The predicted octanol–water partition coefficient (Wildman–Crippen LogP) is 1.83. The van der Waals surface area contributed by atoms with Crippen LogP contribution < -0.4 is 4.72 Å². The van der Waals surface area contributed by atoms with E-state index in [1.807, 2.05) is 27.7 Å². The second kappa shape index (κ2) is 7.95. The van der Waals surface area contributed by atoms with Crippen LogP contribution in [0.5, 0.6) is 0 Å².